The Morgan fingerprint density at radius 1 is 1.45 bits per heavy atom. The molecule has 0 aromatic heterocycles. The SMILES string of the molecule is CC1CN(C)CCN1CCOc1cccc(C(=O)O)c1. The number of likely N-dealkylation sites (N-methyl/N-ethyl adjacent to an activating group) is 1. The van der Waals surface area contributed by atoms with Crippen molar-refractivity contribution in [1.82, 2.24) is 9.80 Å². The molecule has 5 heteroatoms. The molecule has 2 rings (SSSR count). The standard InChI is InChI=1S/C15H22N2O3/c1-12-11-16(2)6-7-17(12)8-9-20-14-5-3-4-13(10-14)15(18)19/h3-5,10,12H,6-9,11H2,1-2H3,(H,18,19). The molecule has 1 aliphatic rings. The molecular formula is C15H22N2O3. The van der Waals surface area contributed by atoms with Crippen LogP contribution in [0.1, 0.15) is 17.3 Å². The number of carbonyl (C=O) groups is 1. The highest BCUT2D eigenvalue weighted by molar-refractivity contribution is 5.87. The van der Waals surface area contributed by atoms with E-state index in [-0.39, 0.29) is 5.56 Å². The molecule has 20 heavy (non-hydrogen) atoms. The fourth-order valence-corrected chi connectivity index (χ4v) is 2.51. The van der Waals surface area contributed by atoms with Crippen LogP contribution in [0.3, 0.4) is 0 Å². The van der Waals surface area contributed by atoms with Crippen molar-refractivity contribution in [2.45, 2.75) is 13.0 Å². The number of hydrogen-bond acceptors (Lipinski definition) is 4. The van der Waals surface area contributed by atoms with E-state index in [1.165, 1.54) is 0 Å². The number of piperazine rings is 1. The van der Waals surface area contributed by atoms with E-state index < -0.39 is 5.97 Å². The average Bonchev–Trinajstić information content (AvgIpc) is 2.41. The van der Waals surface area contributed by atoms with Crippen LogP contribution in [-0.2, 0) is 0 Å². The van der Waals surface area contributed by atoms with Crippen molar-refractivity contribution in [3.8, 4) is 5.75 Å². The summed E-state index contributed by atoms with van der Waals surface area (Å²) in [6.07, 6.45) is 0. The topological polar surface area (TPSA) is 53.0 Å². The van der Waals surface area contributed by atoms with Crippen molar-refractivity contribution in [2.75, 3.05) is 39.8 Å². The molecule has 1 saturated heterocycles. The van der Waals surface area contributed by atoms with Crippen molar-refractivity contribution in [2.24, 2.45) is 0 Å². The molecule has 1 heterocycles. The van der Waals surface area contributed by atoms with E-state index in [1.54, 1.807) is 24.3 Å². The molecule has 0 radical (unpaired) electrons. The van der Waals surface area contributed by atoms with Crippen LogP contribution in [0.2, 0.25) is 0 Å². The van der Waals surface area contributed by atoms with E-state index >= 15 is 0 Å². The molecule has 5 nitrogen and oxygen atoms in total. The minimum absolute atomic E-state index is 0.260. The van der Waals surface area contributed by atoms with Gasteiger partial charge >= 0.3 is 5.97 Å². The Morgan fingerprint density at radius 3 is 2.95 bits per heavy atom. The van der Waals surface area contributed by atoms with Crippen molar-refractivity contribution in [3.63, 3.8) is 0 Å². The zero-order valence-electron chi connectivity index (χ0n) is 12.1. The fourth-order valence-electron chi connectivity index (χ4n) is 2.51. The number of rotatable bonds is 5. The van der Waals surface area contributed by atoms with Crippen LogP contribution < -0.4 is 4.74 Å². The lowest BCUT2D eigenvalue weighted by Gasteiger charge is -2.38. The van der Waals surface area contributed by atoms with Gasteiger partial charge in [0.25, 0.3) is 0 Å². The second-order valence-corrected chi connectivity index (χ2v) is 5.33. The Balaban J connectivity index is 1.81. The summed E-state index contributed by atoms with van der Waals surface area (Å²) in [7, 11) is 2.14. The van der Waals surface area contributed by atoms with Gasteiger partial charge in [0, 0.05) is 32.2 Å². The van der Waals surface area contributed by atoms with Gasteiger partial charge in [-0.2, -0.15) is 0 Å². The van der Waals surface area contributed by atoms with E-state index in [4.69, 9.17) is 9.84 Å². The first kappa shape index (κ1) is 14.8. The highest BCUT2D eigenvalue weighted by atomic mass is 16.5. The number of benzene rings is 1. The summed E-state index contributed by atoms with van der Waals surface area (Å²) in [5.74, 6) is -0.310. The van der Waals surface area contributed by atoms with Gasteiger partial charge in [-0.3, -0.25) is 4.90 Å². The van der Waals surface area contributed by atoms with E-state index in [1.807, 2.05) is 0 Å². The van der Waals surface area contributed by atoms with Gasteiger partial charge in [0.05, 0.1) is 5.56 Å². The van der Waals surface area contributed by atoms with Gasteiger partial charge in [0.1, 0.15) is 12.4 Å². The predicted octanol–water partition coefficient (Wildman–Crippen LogP) is 1.40. The second kappa shape index (κ2) is 6.72. The molecule has 0 spiro atoms. The van der Waals surface area contributed by atoms with Gasteiger partial charge < -0.3 is 14.7 Å². The highest BCUT2D eigenvalue weighted by Gasteiger charge is 2.20. The molecule has 110 valence electrons. The molecule has 1 aromatic carbocycles. The van der Waals surface area contributed by atoms with E-state index in [2.05, 4.69) is 23.8 Å². The maximum Gasteiger partial charge on any atom is 0.335 e. The molecular weight excluding hydrogens is 256 g/mol. The number of ether oxygens (including phenoxy) is 1. The third kappa shape index (κ3) is 3.95. The molecule has 1 N–H and O–H groups in total. The van der Waals surface area contributed by atoms with Crippen molar-refractivity contribution >= 4 is 5.97 Å². The molecule has 1 fully saturated rings. The number of aromatic carboxylic acids is 1. The first-order valence-corrected chi connectivity index (χ1v) is 6.95. The molecule has 1 aromatic rings. The maximum atomic E-state index is 10.9. The van der Waals surface area contributed by atoms with Crippen LogP contribution >= 0.6 is 0 Å². The Bertz CT molecular complexity index is 464. The quantitative estimate of drug-likeness (QED) is 0.882. The average molecular weight is 278 g/mol. The van der Waals surface area contributed by atoms with Gasteiger partial charge in [-0.05, 0) is 32.2 Å². The van der Waals surface area contributed by atoms with Crippen LogP contribution in [-0.4, -0.2) is 66.8 Å². The van der Waals surface area contributed by atoms with E-state index in [0.29, 0.717) is 18.4 Å². The minimum Gasteiger partial charge on any atom is -0.492 e. The predicted molar refractivity (Wildman–Crippen MR) is 77.4 cm³/mol. The first-order valence-electron chi connectivity index (χ1n) is 6.95. The molecule has 0 saturated carbocycles. The van der Waals surface area contributed by atoms with Gasteiger partial charge in [-0.15, -0.1) is 0 Å². The zero-order valence-corrected chi connectivity index (χ0v) is 12.1. The normalized spacial score (nSPS) is 20.8. The van der Waals surface area contributed by atoms with Crippen LogP contribution in [0.25, 0.3) is 0 Å². The van der Waals surface area contributed by atoms with Crippen molar-refractivity contribution in [1.29, 1.82) is 0 Å². The lowest BCUT2D eigenvalue weighted by Crippen LogP contribution is -2.51. The van der Waals surface area contributed by atoms with E-state index in [9.17, 15) is 4.79 Å². The van der Waals surface area contributed by atoms with Gasteiger partial charge in [-0.25, -0.2) is 4.79 Å². The number of nitrogens with zero attached hydrogens (tertiary/aromatic N) is 2. The summed E-state index contributed by atoms with van der Waals surface area (Å²) in [4.78, 5) is 15.6. The fraction of sp³-hybridized carbons (Fsp3) is 0.533. The molecule has 1 atom stereocenters. The van der Waals surface area contributed by atoms with Gasteiger partial charge in [0.2, 0.25) is 0 Å². The van der Waals surface area contributed by atoms with Crippen LogP contribution in [0.15, 0.2) is 24.3 Å². The molecule has 0 aliphatic carbocycles. The third-order valence-electron chi connectivity index (χ3n) is 3.70. The summed E-state index contributed by atoms with van der Waals surface area (Å²) in [6.45, 7) is 6.88. The lowest BCUT2D eigenvalue weighted by atomic mass is 10.2. The minimum atomic E-state index is -0.928. The smallest absolute Gasteiger partial charge is 0.335 e. The molecule has 1 aliphatic heterocycles. The van der Waals surface area contributed by atoms with Gasteiger partial charge in [0.15, 0.2) is 0 Å². The molecule has 0 bridgehead atoms. The first-order chi connectivity index (χ1) is 9.56. The van der Waals surface area contributed by atoms with Crippen LogP contribution in [0.5, 0.6) is 5.75 Å². The monoisotopic (exact) mass is 278 g/mol. The van der Waals surface area contributed by atoms with E-state index in [0.717, 1.165) is 26.2 Å². The Labute approximate surface area is 119 Å². The zero-order chi connectivity index (χ0) is 14.5. The Kier molecular flexibility index (Phi) is 4.98. The van der Waals surface area contributed by atoms with Crippen LogP contribution in [0.4, 0.5) is 0 Å². The summed E-state index contributed by atoms with van der Waals surface area (Å²) < 4.78 is 5.66. The highest BCUT2D eigenvalue weighted by Crippen LogP contribution is 2.14. The van der Waals surface area contributed by atoms with Gasteiger partial charge in [-0.1, -0.05) is 6.07 Å². The number of hydrogen-bond donors (Lipinski definition) is 1. The number of carboxylic acids is 1. The largest absolute Gasteiger partial charge is 0.492 e. The summed E-state index contributed by atoms with van der Waals surface area (Å²) >= 11 is 0. The van der Waals surface area contributed by atoms with Crippen molar-refractivity contribution in [3.05, 3.63) is 29.8 Å². The second-order valence-electron chi connectivity index (χ2n) is 5.33. The summed E-state index contributed by atoms with van der Waals surface area (Å²) in [6, 6.07) is 7.16. The van der Waals surface area contributed by atoms with Crippen LogP contribution in [0, 0.1) is 0 Å². The lowest BCUT2D eigenvalue weighted by molar-refractivity contribution is 0.0696. The maximum absolute atomic E-state index is 10.9. The molecule has 1 unspecified atom stereocenters. The number of carboxylic acid groups (broad SMARTS) is 1. The summed E-state index contributed by atoms with van der Waals surface area (Å²) in [5, 5.41) is 8.93. The Hall–Kier alpha value is -1.59. The summed E-state index contributed by atoms with van der Waals surface area (Å²) in [5.41, 5.74) is 0.260. The van der Waals surface area contributed by atoms with Crippen molar-refractivity contribution < 1.29 is 14.6 Å². The third-order valence-corrected chi connectivity index (χ3v) is 3.70. The molecule has 0 amide bonds. The Morgan fingerprint density at radius 2 is 2.25 bits per heavy atom.